The zero-order chi connectivity index (χ0) is 99.5. The molecule has 5 saturated carbocycles. The van der Waals surface area contributed by atoms with E-state index in [1.54, 1.807) is 117 Å². The average Bonchev–Trinajstić information content (AvgIpc) is 0.820. The number of rotatable bonds is 24. The summed E-state index contributed by atoms with van der Waals surface area (Å²) in [6, 6.07) is 26.7. The predicted molar refractivity (Wildman–Crippen MR) is 562 cm³/mol. The van der Waals surface area contributed by atoms with Gasteiger partial charge in [-0.3, -0.25) is 39.7 Å². The van der Waals surface area contributed by atoms with Crippen LogP contribution in [0.15, 0.2) is 184 Å². The number of anilines is 7. The molecule has 10 aliphatic rings. The van der Waals surface area contributed by atoms with Crippen LogP contribution in [0.4, 0.5) is 39.4 Å². The monoisotopic (exact) mass is 2010 g/mol. The number of hydrogen-bond acceptors (Lipinski definition) is 38. The number of aryl methyl sites for hydroxylation is 1. The van der Waals surface area contributed by atoms with Crippen LogP contribution in [0, 0.1) is 18.8 Å². The van der Waals surface area contributed by atoms with Crippen molar-refractivity contribution in [2.45, 2.75) is 190 Å². The lowest BCUT2D eigenvalue weighted by Gasteiger charge is -2.31. The van der Waals surface area contributed by atoms with E-state index >= 15 is 0 Å². The van der Waals surface area contributed by atoms with Gasteiger partial charge in [0.1, 0.15) is 63.1 Å². The molecular formula is C109H130N24O13S. The molecule has 38 heteroatoms. The molecular weight excluding hydrogens is 1890 g/mol. The first kappa shape index (κ1) is 101. The van der Waals surface area contributed by atoms with Gasteiger partial charge in [-0.2, -0.15) is 0 Å². The molecule has 14 aromatic rings. The number of morpholine rings is 5. The fraction of sp³-hybridized carbons (Fsp3) is 0.486. The Hall–Kier alpha value is -13.7. The minimum atomic E-state index is -0.112. The summed E-state index contributed by atoms with van der Waals surface area (Å²) < 4.78 is 70.0. The molecule has 2 N–H and O–H groups in total. The van der Waals surface area contributed by atoms with Crippen LogP contribution in [-0.2, 0) is 39.6 Å². The molecule has 37 nitrogen and oxygen atoms in total. The Morgan fingerprint density at radius 1 is 0.333 bits per heavy atom. The maximum atomic E-state index is 11.7. The van der Waals surface area contributed by atoms with Gasteiger partial charge >= 0.3 is 18.0 Å². The van der Waals surface area contributed by atoms with Gasteiger partial charge in [0.15, 0.2) is 5.13 Å². The highest BCUT2D eigenvalue weighted by Gasteiger charge is 2.34. The Labute approximate surface area is 859 Å². The fourth-order valence-electron chi connectivity index (χ4n) is 21.0. The van der Waals surface area contributed by atoms with Crippen molar-refractivity contribution in [2.75, 3.05) is 174 Å². The number of aromatic nitrogens is 17. The van der Waals surface area contributed by atoms with Crippen LogP contribution in [0.2, 0.25) is 0 Å². The summed E-state index contributed by atoms with van der Waals surface area (Å²) in [5.41, 5.74) is 16.6. The zero-order valence-electron chi connectivity index (χ0n) is 83.6. The quantitative estimate of drug-likeness (QED) is 0.0531. The summed E-state index contributed by atoms with van der Waals surface area (Å²) in [6.45, 7) is 18.3. The molecule has 5 aromatic carbocycles. The maximum absolute atomic E-state index is 11.7. The summed E-state index contributed by atoms with van der Waals surface area (Å²) in [5.74, 6) is 4.60. The summed E-state index contributed by atoms with van der Waals surface area (Å²) in [4.78, 5) is 98.6. The Balaban J connectivity index is 0.000000112. The molecule has 0 spiro atoms. The maximum Gasteiger partial charge on any atom is 0.316 e. The predicted octanol–water partition coefficient (Wildman–Crippen LogP) is 16.1. The van der Waals surface area contributed by atoms with Crippen LogP contribution >= 0.6 is 11.3 Å². The van der Waals surface area contributed by atoms with Gasteiger partial charge in [0, 0.05) is 235 Å². The standard InChI is InChI=1S/C23H28N6O2.C23H27N5O2.C22H25N5O3.C21H25N5O2S.C20H25N3O4/c1-16-14-24-15-22(27-16)28-17-2-4-19(5-3-17)31-21-13-18(29-8-10-30-11-9-29)12-20-23(21)26-7-6-25-20;1-6-26-23(27-7-1)30-20-4-2-17(3-5-20)14-18-15-19(28-10-12-29-13-11-28)16-21-22(18)25-9-8-24-21;1-6-25-22(26-7-1)30-18-4-2-17(3-5-18)29-20-15-16(27-10-12-28-13-11-27)14-19-21(20)24-9-8-23-19;1-3-17(4-2-15(1)25-21-24-7-12-29-21)28-19-14-16(26-8-10-27-11-9-26)13-18-20(19)23-6-5-22-18;1-25-20(24)14-2-4-16(5-3-14)27-18-13-15(23-8-10-26-11-9-23)12-17-19(18)22-7-6-21-17/h6-7,12-15,17,19H,2-5,8-11H2,1H3,(H,27,28);1,6-9,15-17,20H,2-5,10-14H2;1,6-9,14-15,17-18H,2-5,10-13H2;5-7,12-15,17H,1-4,8-11H2,(H,24,25);6-7,12-14,16H,2-5,8-11H2,1H3. The van der Waals surface area contributed by atoms with Gasteiger partial charge in [0.05, 0.1) is 149 Å². The highest BCUT2D eigenvalue weighted by Crippen LogP contribution is 2.42. The second kappa shape index (κ2) is 50.6. The van der Waals surface area contributed by atoms with E-state index in [4.69, 9.17) is 56.8 Å². The van der Waals surface area contributed by atoms with Gasteiger partial charge in [-0.1, -0.05) is 0 Å². The van der Waals surface area contributed by atoms with Crippen LogP contribution < -0.4 is 63.6 Å². The van der Waals surface area contributed by atoms with Crippen LogP contribution in [0.3, 0.4) is 0 Å². The summed E-state index contributed by atoms with van der Waals surface area (Å²) in [6.07, 6.45) is 51.1. The third kappa shape index (κ3) is 27.4. The van der Waals surface area contributed by atoms with E-state index in [0.717, 1.165) is 384 Å². The van der Waals surface area contributed by atoms with Crippen LogP contribution in [0.1, 0.15) is 140 Å². The molecule has 147 heavy (non-hydrogen) atoms. The van der Waals surface area contributed by atoms with Gasteiger partial charge < -0.3 is 92.0 Å². The molecule has 5 aliphatic carbocycles. The minimum Gasteiger partial charge on any atom is -0.488 e. The SMILES string of the molecule is COC(=O)C1CCC(Oc2cc(N3CCOCC3)cc3nccnc23)CC1.Cc1cncc(NC2CCC(Oc3cc(N4CCOCC4)cc4nccnc34)CC2)n1.c1cnc(OC2CCC(Cc3cc(N4CCOCC4)cc4nccnc34)CC2)nc1.c1cnc(OC2CCC(Oc3cc(N4CCOCC4)cc4nccnc34)CC2)nc1.c1csc(NC2CCC(Oc3cc(N4CCOCC4)cc4nccnc34)CC2)n1. The van der Waals surface area contributed by atoms with Crippen LogP contribution in [0.5, 0.6) is 35.0 Å². The normalized spacial score (nSPS) is 22.3. The highest BCUT2D eigenvalue weighted by molar-refractivity contribution is 7.13. The van der Waals surface area contributed by atoms with Gasteiger partial charge in [0.25, 0.3) is 0 Å². The molecule has 5 aliphatic heterocycles. The van der Waals surface area contributed by atoms with Crippen molar-refractivity contribution in [2.24, 2.45) is 11.8 Å². The Morgan fingerprint density at radius 3 is 0.993 bits per heavy atom. The van der Waals surface area contributed by atoms with Crippen molar-refractivity contribution in [3.05, 3.63) is 195 Å². The van der Waals surface area contributed by atoms with Crippen molar-refractivity contribution in [3.63, 3.8) is 0 Å². The van der Waals surface area contributed by atoms with Crippen molar-refractivity contribution in [3.8, 4) is 35.0 Å². The van der Waals surface area contributed by atoms with Gasteiger partial charge in [-0.05, 0) is 202 Å². The zero-order valence-corrected chi connectivity index (χ0v) is 84.5. The van der Waals surface area contributed by atoms with Gasteiger partial charge in [-0.15, -0.1) is 11.3 Å². The second-order valence-corrected chi connectivity index (χ2v) is 39.5. The number of hydrogen-bond donors (Lipinski definition) is 2. The first-order valence-corrected chi connectivity index (χ1v) is 53.1. The smallest absolute Gasteiger partial charge is 0.316 e. The number of fused-ring (bicyclic) bond motifs is 5. The molecule has 14 heterocycles. The third-order valence-electron chi connectivity index (χ3n) is 28.8. The van der Waals surface area contributed by atoms with Crippen molar-refractivity contribution >= 4 is 112 Å². The second-order valence-electron chi connectivity index (χ2n) is 38.6. The number of esters is 1. The van der Waals surface area contributed by atoms with Crippen LogP contribution in [0.25, 0.3) is 55.2 Å². The first-order chi connectivity index (χ1) is 72.5. The van der Waals surface area contributed by atoms with Crippen molar-refractivity contribution in [1.82, 2.24) is 84.7 Å². The van der Waals surface area contributed by atoms with E-state index in [0.29, 0.717) is 30.0 Å². The molecule has 10 fully saturated rings. The van der Waals surface area contributed by atoms with E-state index in [1.165, 1.54) is 18.4 Å². The van der Waals surface area contributed by atoms with Crippen molar-refractivity contribution < 1.29 is 61.6 Å². The van der Waals surface area contributed by atoms with E-state index < -0.39 is 0 Å². The van der Waals surface area contributed by atoms with Gasteiger partial charge in [0.2, 0.25) is 0 Å². The third-order valence-corrected chi connectivity index (χ3v) is 29.5. The number of benzene rings is 5. The summed E-state index contributed by atoms with van der Waals surface area (Å²) >= 11 is 1.65. The molecule has 0 atom stereocenters. The lowest BCUT2D eigenvalue weighted by molar-refractivity contribution is -0.147. The topological polar surface area (TPSA) is 387 Å². The van der Waals surface area contributed by atoms with Crippen LogP contribution in [-0.4, -0.2) is 278 Å². The number of carbonyl (C=O) groups excluding carboxylic acids is 1. The summed E-state index contributed by atoms with van der Waals surface area (Å²) in [7, 11) is 1.45. The molecule has 0 amide bonds. The molecule has 0 bridgehead atoms. The first-order valence-electron chi connectivity index (χ1n) is 52.2. The Bertz CT molecular complexity index is 6360. The highest BCUT2D eigenvalue weighted by atomic mass is 32.1. The number of nitrogens with one attached hydrogen (secondary N) is 2. The molecule has 9 aromatic heterocycles. The lowest BCUT2D eigenvalue weighted by Crippen LogP contribution is -2.36. The number of ether oxygens (including phenoxy) is 12. The number of nitrogens with zero attached hydrogens (tertiary/aromatic N) is 22. The Morgan fingerprint density at radius 2 is 0.646 bits per heavy atom. The largest absolute Gasteiger partial charge is 0.488 e. The van der Waals surface area contributed by atoms with Crippen molar-refractivity contribution in [1.29, 1.82) is 0 Å². The van der Waals surface area contributed by atoms with E-state index in [2.05, 4.69) is 181 Å². The van der Waals surface area contributed by atoms with E-state index in [-0.39, 0.29) is 48.5 Å². The summed E-state index contributed by atoms with van der Waals surface area (Å²) in [5, 5.41) is 10.1. The van der Waals surface area contributed by atoms with Gasteiger partial charge in [-0.25, -0.2) is 49.8 Å². The fourth-order valence-corrected chi connectivity index (χ4v) is 21.6. The number of thiazole rings is 1. The Kier molecular flexibility index (Phi) is 34.7. The average molecular weight is 2020 g/mol. The molecule has 0 unspecified atom stereocenters. The molecule has 24 rings (SSSR count). The molecule has 0 radical (unpaired) electrons. The number of methoxy groups -OCH3 is 1. The molecule has 770 valence electrons. The molecule has 5 saturated heterocycles. The number of carbonyl (C=O) groups is 1. The van der Waals surface area contributed by atoms with E-state index in [9.17, 15) is 4.79 Å². The lowest BCUT2D eigenvalue weighted by atomic mass is 9.83. The minimum absolute atomic E-state index is 0.00827. The van der Waals surface area contributed by atoms with E-state index in [1.807, 2.05) is 24.6 Å².